The number of hydrogen-bond acceptors (Lipinski definition) is 3. The van der Waals surface area contributed by atoms with Gasteiger partial charge in [-0.05, 0) is 38.2 Å². The van der Waals surface area contributed by atoms with Crippen LogP contribution < -0.4 is 0 Å². The van der Waals surface area contributed by atoms with E-state index in [0.29, 0.717) is 18.9 Å². The Kier molecular flexibility index (Phi) is 15.8. The summed E-state index contributed by atoms with van der Waals surface area (Å²) in [6.07, 6.45) is 7.95. The highest BCUT2D eigenvalue weighted by Crippen LogP contribution is 2.33. The van der Waals surface area contributed by atoms with Crippen LogP contribution in [0.5, 0.6) is 0 Å². The third-order valence-corrected chi connectivity index (χ3v) is 8.41. The molecule has 1 aliphatic carbocycles. The zero-order valence-corrected chi connectivity index (χ0v) is 20.5. The minimum atomic E-state index is -0.268. The lowest BCUT2D eigenvalue weighted by Gasteiger charge is -2.27. The van der Waals surface area contributed by atoms with Crippen molar-refractivity contribution < 1.29 is 18.7 Å². The number of rotatable bonds is 4. The molecular formula is C25H42FO3S+. The molecule has 0 N–H and O–H groups in total. The minimum absolute atomic E-state index is 0.130. The van der Waals surface area contributed by atoms with E-state index in [9.17, 15) is 9.18 Å². The van der Waals surface area contributed by atoms with Gasteiger partial charge in [-0.2, -0.15) is 0 Å². The fourth-order valence-corrected chi connectivity index (χ4v) is 6.10. The van der Waals surface area contributed by atoms with Crippen LogP contribution in [0.4, 0.5) is 4.39 Å². The van der Waals surface area contributed by atoms with Gasteiger partial charge in [-0.25, -0.2) is 0 Å². The summed E-state index contributed by atoms with van der Waals surface area (Å²) in [6, 6.07) is 8.54. The number of ether oxygens (including phenoxy) is 1. The van der Waals surface area contributed by atoms with E-state index in [2.05, 4.69) is 52.0 Å². The molecule has 1 saturated heterocycles. The summed E-state index contributed by atoms with van der Waals surface area (Å²) in [7, 11) is 0.630. The highest BCUT2D eigenvalue weighted by Gasteiger charge is 2.46. The standard InChI is InChI=1S/C20H29O2S.C3H8.CH3F.CH2O/c1-20(2,23-14-12-22-13-15-23)19(21)18-10-8-17(9-11-18)16-6-4-3-5-7-16;1-3-2;2*1-2/h8-11,16H,3-7,12-15H2,1-2H3;3H2,1-2H3;1H3;1H2/q+1;;;. The molecule has 0 spiro atoms. The van der Waals surface area contributed by atoms with Crippen molar-refractivity contribution in [3.05, 3.63) is 35.4 Å². The quantitative estimate of drug-likeness (QED) is 0.415. The molecule has 0 unspecified atom stereocenters. The number of Topliss-reactive ketones (excluding diaryl/α,β-unsaturated/α-hetero) is 1. The van der Waals surface area contributed by atoms with Gasteiger partial charge in [-0.15, -0.1) is 0 Å². The molecule has 1 heterocycles. The number of benzene rings is 1. The van der Waals surface area contributed by atoms with E-state index in [4.69, 9.17) is 9.53 Å². The zero-order chi connectivity index (χ0) is 23.0. The summed E-state index contributed by atoms with van der Waals surface area (Å²) in [5.41, 5.74) is 2.31. The Hall–Kier alpha value is -1.20. The molecule has 3 nitrogen and oxygen atoms in total. The van der Waals surface area contributed by atoms with Crippen molar-refractivity contribution in [1.82, 2.24) is 0 Å². The first kappa shape index (κ1) is 28.8. The van der Waals surface area contributed by atoms with Crippen molar-refractivity contribution in [3.63, 3.8) is 0 Å². The third kappa shape index (κ3) is 8.89. The molecule has 0 amide bonds. The molecule has 1 aromatic rings. The first-order valence-electron chi connectivity index (χ1n) is 11.1. The average molecular weight is 442 g/mol. The Balaban J connectivity index is 0.00000108. The van der Waals surface area contributed by atoms with Gasteiger partial charge in [0.05, 0.1) is 20.4 Å². The van der Waals surface area contributed by atoms with Gasteiger partial charge < -0.3 is 9.53 Å². The highest BCUT2D eigenvalue weighted by molar-refractivity contribution is 7.99. The maximum atomic E-state index is 13.0. The fraction of sp³-hybridized carbons (Fsp3) is 0.680. The second kappa shape index (κ2) is 16.5. The molecule has 0 bridgehead atoms. The Morgan fingerprint density at radius 2 is 1.50 bits per heavy atom. The molecule has 0 aromatic heterocycles. The SMILES string of the molecule is C=O.CC(C)(C(=O)c1ccc(C2CCCCC2)cc1)[S+]1CCOCC1.CCC.CF. The molecule has 1 aliphatic heterocycles. The molecule has 1 aromatic carbocycles. The molecule has 30 heavy (non-hydrogen) atoms. The van der Waals surface area contributed by atoms with Gasteiger partial charge >= 0.3 is 0 Å². The Morgan fingerprint density at radius 1 is 1.03 bits per heavy atom. The van der Waals surface area contributed by atoms with Gasteiger partial charge in [0, 0.05) is 16.5 Å². The summed E-state index contributed by atoms with van der Waals surface area (Å²) in [6.45, 7) is 12.1. The number of carbonyl (C=O) groups is 2. The van der Waals surface area contributed by atoms with Crippen LogP contribution in [0.1, 0.15) is 88.1 Å². The van der Waals surface area contributed by atoms with E-state index >= 15 is 0 Å². The molecule has 172 valence electrons. The van der Waals surface area contributed by atoms with Gasteiger partial charge in [0.1, 0.15) is 18.3 Å². The number of carbonyl (C=O) groups excluding carboxylic acids is 2. The Labute approximate surface area is 186 Å². The smallest absolute Gasteiger partial charge is 0.217 e. The van der Waals surface area contributed by atoms with Crippen LogP contribution in [0.15, 0.2) is 24.3 Å². The first-order chi connectivity index (χ1) is 14.5. The van der Waals surface area contributed by atoms with E-state index in [1.54, 1.807) is 0 Å². The Bertz CT molecular complexity index is 562. The van der Waals surface area contributed by atoms with Crippen molar-refractivity contribution in [2.24, 2.45) is 0 Å². The number of alkyl halides is 1. The summed E-state index contributed by atoms with van der Waals surface area (Å²) in [4.78, 5) is 21.0. The summed E-state index contributed by atoms with van der Waals surface area (Å²) in [5, 5.41) is 0. The van der Waals surface area contributed by atoms with Crippen LogP contribution in [0.3, 0.4) is 0 Å². The van der Waals surface area contributed by atoms with Gasteiger partial charge in [0.15, 0.2) is 4.75 Å². The molecule has 2 fully saturated rings. The Morgan fingerprint density at radius 3 is 1.97 bits per heavy atom. The zero-order valence-electron chi connectivity index (χ0n) is 19.7. The molecule has 5 heteroatoms. The van der Waals surface area contributed by atoms with E-state index in [0.717, 1.165) is 30.3 Å². The lowest BCUT2D eigenvalue weighted by molar-refractivity contribution is -0.0980. The summed E-state index contributed by atoms with van der Waals surface area (Å²) >= 11 is 0. The van der Waals surface area contributed by atoms with Crippen molar-refractivity contribution in [2.75, 3.05) is 31.9 Å². The summed E-state index contributed by atoms with van der Waals surface area (Å²) < 4.78 is 14.7. The lowest BCUT2D eigenvalue weighted by Crippen LogP contribution is -2.47. The normalized spacial score (nSPS) is 17.3. The van der Waals surface area contributed by atoms with Crippen LogP contribution in [-0.4, -0.2) is 49.2 Å². The van der Waals surface area contributed by atoms with Gasteiger partial charge in [-0.1, -0.05) is 63.8 Å². The van der Waals surface area contributed by atoms with Crippen LogP contribution >= 0.6 is 0 Å². The third-order valence-electron chi connectivity index (χ3n) is 5.47. The average Bonchev–Trinajstić information content (AvgIpc) is 2.83. The maximum absolute atomic E-state index is 13.0. The van der Waals surface area contributed by atoms with Crippen LogP contribution in [0.25, 0.3) is 0 Å². The van der Waals surface area contributed by atoms with Crippen molar-refractivity contribution >= 4 is 23.5 Å². The van der Waals surface area contributed by atoms with Crippen LogP contribution in [0, 0.1) is 0 Å². The molecule has 3 rings (SSSR count). The van der Waals surface area contributed by atoms with E-state index in [1.807, 2.05) is 6.79 Å². The molecule has 0 atom stereocenters. The molecule has 1 saturated carbocycles. The van der Waals surface area contributed by atoms with E-state index in [-0.39, 0.29) is 15.6 Å². The number of halogens is 1. The topological polar surface area (TPSA) is 43.4 Å². The second-order valence-corrected chi connectivity index (χ2v) is 10.8. The summed E-state index contributed by atoms with van der Waals surface area (Å²) in [5.74, 6) is 3.06. The van der Waals surface area contributed by atoms with Crippen molar-refractivity contribution in [2.45, 2.75) is 76.9 Å². The van der Waals surface area contributed by atoms with Crippen molar-refractivity contribution in [1.29, 1.82) is 0 Å². The molecule has 0 radical (unpaired) electrons. The molecular weight excluding hydrogens is 399 g/mol. The molecule has 2 aliphatic rings. The maximum Gasteiger partial charge on any atom is 0.217 e. The monoisotopic (exact) mass is 441 g/mol. The van der Waals surface area contributed by atoms with Crippen molar-refractivity contribution in [3.8, 4) is 0 Å². The van der Waals surface area contributed by atoms with Gasteiger partial charge in [0.2, 0.25) is 5.78 Å². The predicted octanol–water partition coefficient (Wildman–Crippen LogP) is 6.16. The van der Waals surface area contributed by atoms with Crippen LogP contribution in [0.2, 0.25) is 0 Å². The predicted molar refractivity (Wildman–Crippen MR) is 129 cm³/mol. The fourth-order valence-electron chi connectivity index (χ4n) is 3.85. The largest absolute Gasteiger partial charge is 0.372 e. The highest BCUT2D eigenvalue weighted by atomic mass is 32.2. The number of hydrogen-bond donors (Lipinski definition) is 0. The van der Waals surface area contributed by atoms with E-state index < -0.39 is 0 Å². The lowest BCUT2D eigenvalue weighted by atomic mass is 9.83. The van der Waals surface area contributed by atoms with Gasteiger partial charge in [0.25, 0.3) is 0 Å². The second-order valence-electron chi connectivity index (χ2n) is 8.02. The number of ketones is 1. The van der Waals surface area contributed by atoms with E-state index in [1.165, 1.54) is 44.1 Å². The first-order valence-corrected chi connectivity index (χ1v) is 12.6. The minimum Gasteiger partial charge on any atom is -0.372 e. The van der Waals surface area contributed by atoms with Crippen LogP contribution in [-0.2, 0) is 20.4 Å². The van der Waals surface area contributed by atoms with Gasteiger partial charge in [-0.3, -0.25) is 9.18 Å².